The highest BCUT2D eigenvalue weighted by atomic mass is 35.5. The molecule has 0 aliphatic carbocycles. The minimum absolute atomic E-state index is 0.114. The fourth-order valence-electron chi connectivity index (χ4n) is 3.27. The lowest BCUT2D eigenvalue weighted by molar-refractivity contribution is -0.131. The van der Waals surface area contributed by atoms with E-state index in [0.29, 0.717) is 23.9 Å². The molecule has 0 aromatic heterocycles. The number of nitrogens with zero attached hydrogens (tertiary/aromatic N) is 1. The molecular formula is C24H30Cl2N2O7. The molecule has 1 fully saturated rings. The summed E-state index contributed by atoms with van der Waals surface area (Å²) in [4.78, 5) is 17.9. The number of amides is 1. The predicted octanol–water partition coefficient (Wildman–Crippen LogP) is 2.94. The van der Waals surface area contributed by atoms with Crippen molar-refractivity contribution in [3.05, 3.63) is 52.0 Å². The van der Waals surface area contributed by atoms with Crippen molar-refractivity contribution >= 4 is 29.1 Å². The first-order valence-corrected chi connectivity index (χ1v) is 11.8. The van der Waals surface area contributed by atoms with Crippen LogP contribution in [0, 0.1) is 0 Å². The molecule has 0 bridgehead atoms. The maximum Gasteiger partial charge on any atom is 0.254 e. The summed E-state index contributed by atoms with van der Waals surface area (Å²) in [6, 6.07) is 9.95. The van der Waals surface area contributed by atoms with Crippen LogP contribution in [0.4, 0.5) is 0 Å². The van der Waals surface area contributed by atoms with Crippen LogP contribution in [0.15, 0.2) is 36.4 Å². The van der Waals surface area contributed by atoms with Gasteiger partial charge in [-0.25, -0.2) is 0 Å². The first-order chi connectivity index (χ1) is 16.6. The maximum absolute atomic E-state index is 12.3. The zero-order chi connectivity index (χ0) is 25.6. The number of hydrogen-bond donors (Lipinski definition) is 3. The maximum atomic E-state index is 12.3. The van der Waals surface area contributed by atoms with Crippen LogP contribution in [0.1, 0.15) is 24.2 Å². The molecule has 0 saturated carbocycles. The lowest BCUT2D eigenvalue weighted by atomic mass is 10.1. The van der Waals surface area contributed by atoms with Crippen LogP contribution >= 0.6 is 23.2 Å². The van der Waals surface area contributed by atoms with E-state index in [1.165, 1.54) is 19.2 Å². The van der Waals surface area contributed by atoms with E-state index in [0.717, 1.165) is 0 Å². The Balaban J connectivity index is 1.59. The van der Waals surface area contributed by atoms with Crippen molar-refractivity contribution in [1.82, 2.24) is 10.4 Å². The number of hydrogen-bond acceptors (Lipinski definition) is 8. The minimum atomic E-state index is -0.921. The molecule has 35 heavy (non-hydrogen) atoms. The van der Waals surface area contributed by atoms with Crippen molar-refractivity contribution in [1.29, 1.82) is 0 Å². The molecule has 1 aliphatic heterocycles. The topological polar surface area (TPSA) is 110 Å². The van der Waals surface area contributed by atoms with E-state index >= 15 is 0 Å². The van der Waals surface area contributed by atoms with Crippen molar-refractivity contribution in [2.24, 2.45) is 0 Å². The van der Waals surface area contributed by atoms with Gasteiger partial charge in [-0.05, 0) is 44.2 Å². The molecule has 9 nitrogen and oxygen atoms in total. The third kappa shape index (κ3) is 7.86. The number of halogens is 2. The average molecular weight is 529 g/mol. The fourth-order valence-corrected chi connectivity index (χ4v) is 3.60. The first-order valence-electron chi connectivity index (χ1n) is 11.1. The largest absolute Gasteiger partial charge is 0.490 e. The van der Waals surface area contributed by atoms with Gasteiger partial charge in [-0.2, -0.15) is 5.06 Å². The Bertz CT molecular complexity index is 1000. The van der Waals surface area contributed by atoms with Crippen LogP contribution in [0.5, 0.6) is 17.2 Å². The van der Waals surface area contributed by atoms with Gasteiger partial charge in [-0.15, -0.1) is 0 Å². The highest BCUT2D eigenvalue weighted by molar-refractivity contribution is 6.32. The number of ether oxygens (including phenoxy) is 3. The SMILES string of the molecule is CNC(=O)c1cc(Cl)c(OC(C)(C)CO)cc1OC[C@@H](O)CN1CC(Oc2ccc(Cl)cc2)CO1. The molecule has 0 spiro atoms. The van der Waals surface area contributed by atoms with E-state index in [1.54, 1.807) is 43.2 Å². The molecule has 0 radical (unpaired) electrons. The Morgan fingerprint density at radius 2 is 1.97 bits per heavy atom. The molecule has 1 unspecified atom stereocenters. The molecule has 3 N–H and O–H groups in total. The van der Waals surface area contributed by atoms with Gasteiger partial charge >= 0.3 is 0 Å². The quantitative estimate of drug-likeness (QED) is 0.408. The molecule has 11 heteroatoms. The lowest BCUT2D eigenvalue weighted by Crippen LogP contribution is -2.35. The number of nitrogens with one attached hydrogen (secondary N) is 1. The van der Waals surface area contributed by atoms with Gasteiger partial charge in [0.15, 0.2) is 0 Å². The van der Waals surface area contributed by atoms with E-state index in [4.69, 9.17) is 42.3 Å². The molecule has 192 valence electrons. The lowest BCUT2D eigenvalue weighted by Gasteiger charge is -2.25. The van der Waals surface area contributed by atoms with Gasteiger partial charge in [0.05, 0.1) is 30.3 Å². The van der Waals surface area contributed by atoms with Crippen LogP contribution in [0.2, 0.25) is 10.0 Å². The number of carbonyl (C=O) groups is 1. The smallest absolute Gasteiger partial charge is 0.254 e. The van der Waals surface area contributed by atoms with Crippen LogP contribution in [-0.4, -0.2) is 79.0 Å². The molecule has 2 aromatic rings. The average Bonchev–Trinajstić information content (AvgIpc) is 3.26. The molecule has 2 atom stereocenters. The Labute approximate surface area is 214 Å². The Morgan fingerprint density at radius 1 is 1.26 bits per heavy atom. The van der Waals surface area contributed by atoms with Crippen LogP contribution < -0.4 is 19.5 Å². The number of rotatable bonds is 11. The van der Waals surface area contributed by atoms with Gasteiger partial charge in [-0.3, -0.25) is 9.63 Å². The van der Waals surface area contributed by atoms with Crippen molar-refractivity contribution in [3.8, 4) is 17.2 Å². The van der Waals surface area contributed by atoms with E-state index in [1.807, 2.05) is 0 Å². The van der Waals surface area contributed by atoms with Crippen LogP contribution in [0.25, 0.3) is 0 Å². The van der Waals surface area contributed by atoms with Gasteiger partial charge in [0.25, 0.3) is 5.91 Å². The zero-order valence-electron chi connectivity index (χ0n) is 19.8. The predicted molar refractivity (Wildman–Crippen MR) is 132 cm³/mol. The van der Waals surface area contributed by atoms with Crippen LogP contribution in [0.3, 0.4) is 0 Å². The van der Waals surface area contributed by atoms with Gasteiger partial charge in [0.2, 0.25) is 0 Å². The normalized spacial score (nSPS) is 17.2. The third-order valence-corrected chi connectivity index (χ3v) is 5.63. The highest BCUT2D eigenvalue weighted by Crippen LogP contribution is 2.35. The standard InChI is InChI=1S/C24H30Cl2N2O7/c1-24(2,14-29)35-22-9-21(19(8-20(22)26)23(31)27-3)32-12-16(30)10-28-11-18(13-33-28)34-17-6-4-15(25)5-7-17/h4-9,16,18,29-30H,10-14H2,1-3H3,(H,27,31)/t16-,18?/m0/s1. The summed E-state index contributed by atoms with van der Waals surface area (Å²) in [6.45, 7) is 4.00. The van der Waals surface area contributed by atoms with E-state index in [-0.39, 0.29) is 47.9 Å². The number of hydroxylamine groups is 2. The Kier molecular flexibility index (Phi) is 9.46. The van der Waals surface area contributed by atoms with Gasteiger partial charge in [0, 0.05) is 18.1 Å². The van der Waals surface area contributed by atoms with Crippen LogP contribution in [-0.2, 0) is 4.84 Å². The summed E-state index contributed by atoms with van der Waals surface area (Å²) in [6.07, 6.45) is -1.12. The Morgan fingerprint density at radius 3 is 2.63 bits per heavy atom. The third-order valence-electron chi connectivity index (χ3n) is 5.09. The second-order valence-corrected chi connectivity index (χ2v) is 9.52. The second-order valence-electron chi connectivity index (χ2n) is 8.68. The minimum Gasteiger partial charge on any atom is -0.490 e. The summed E-state index contributed by atoms with van der Waals surface area (Å²) in [7, 11) is 1.49. The van der Waals surface area contributed by atoms with Gasteiger partial charge in [-0.1, -0.05) is 23.2 Å². The molecule has 2 aromatic carbocycles. The van der Waals surface area contributed by atoms with E-state index in [9.17, 15) is 15.0 Å². The molecule has 1 aliphatic rings. The molecular weight excluding hydrogens is 499 g/mol. The number of aliphatic hydroxyl groups excluding tert-OH is 2. The van der Waals surface area contributed by atoms with Crippen molar-refractivity contribution < 1.29 is 34.1 Å². The zero-order valence-corrected chi connectivity index (χ0v) is 21.3. The second kappa shape index (κ2) is 12.1. The summed E-state index contributed by atoms with van der Waals surface area (Å²) in [5.74, 6) is 0.700. The molecule has 1 saturated heterocycles. The first kappa shape index (κ1) is 27.3. The summed E-state index contributed by atoms with van der Waals surface area (Å²) < 4.78 is 17.4. The Hall–Kier alpha value is -2.27. The van der Waals surface area contributed by atoms with Gasteiger partial charge < -0.3 is 29.7 Å². The summed E-state index contributed by atoms with van der Waals surface area (Å²) >= 11 is 12.2. The fraction of sp³-hybridized carbons (Fsp3) is 0.458. The summed E-state index contributed by atoms with van der Waals surface area (Å²) in [5, 5.41) is 25.0. The highest BCUT2D eigenvalue weighted by Gasteiger charge is 2.28. The van der Waals surface area contributed by atoms with Gasteiger partial charge in [0.1, 0.15) is 48.3 Å². The van der Waals surface area contributed by atoms with Crippen molar-refractivity contribution in [3.63, 3.8) is 0 Å². The number of aliphatic hydroxyl groups is 2. The monoisotopic (exact) mass is 528 g/mol. The van der Waals surface area contributed by atoms with Crippen molar-refractivity contribution in [2.75, 3.05) is 40.0 Å². The van der Waals surface area contributed by atoms with Crippen molar-refractivity contribution in [2.45, 2.75) is 31.7 Å². The number of carbonyl (C=O) groups excluding carboxylic acids is 1. The number of benzene rings is 2. The summed E-state index contributed by atoms with van der Waals surface area (Å²) in [5.41, 5.74) is -0.708. The molecule has 3 rings (SSSR count). The van der Waals surface area contributed by atoms with E-state index in [2.05, 4.69) is 5.32 Å². The molecule has 1 amide bonds. The van der Waals surface area contributed by atoms with E-state index < -0.39 is 17.6 Å². The number of β-amino-alcohol motifs (C(OH)–C–C–N with tert-alkyl or cyclic N) is 1. The molecule has 1 heterocycles.